The topological polar surface area (TPSA) is 69.2 Å². The zero-order chi connectivity index (χ0) is 27.4. The van der Waals surface area contributed by atoms with E-state index in [1.54, 1.807) is 0 Å². The Morgan fingerprint density at radius 3 is 1.55 bits per heavy atom. The fourth-order valence-electron chi connectivity index (χ4n) is 4.90. The van der Waals surface area contributed by atoms with E-state index in [-0.39, 0.29) is 6.61 Å². The summed E-state index contributed by atoms with van der Waals surface area (Å²) in [5.41, 5.74) is 4.27. The molecule has 0 aliphatic carbocycles. The zero-order valence-corrected chi connectivity index (χ0v) is 22.5. The molecule has 0 bridgehead atoms. The molecule has 208 valence electrons. The molecule has 0 amide bonds. The van der Waals surface area contributed by atoms with E-state index in [0.717, 1.165) is 22.3 Å². The van der Waals surface area contributed by atoms with E-state index in [1.807, 2.05) is 121 Å². The lowest BCUT2D eigenvalue weighted by Crippen LogP contribution is -2.64. The minimum atomic E-state index is -1.11. The fourth-order valence-corrected chi connectivity index (χ4v) is 4.90. The Bertz CT molecular complexity index is 1240. The normalized spacial score (nSPS) is 22.7. The summed E-state index contributed by atoms with van der Waals surface area (Å²) in [4.78, 5) is 0. The number of ether oxygens (including phenoxy) is 4. The highest BCUT2D eigenvalue weighted by atomic mass is 16.7. The van der Waals surface area contributed by atoms with Gasteiger partial charge in [0.05, 0.1) is 32.5 Å². The summed E-state index contributed by atoms with van der Waals surface area (Å²) in [6.07, 6.45) is -2.62. The number of aliphatic hydroxyl groups is 1. The third-order valence-corrected chi connectivity index (χ3v) is 7.01. The molecule has 0 radical (unpaired) electrons. The van der Waals surface area contributed by atoms with E-state index in [0.29, 0.717) is 26.4 Å². The second-order valence-corrected chi connectivity index (χ2v) is 9.98. The molecule has 6 heteroatoms. The van der Waals surface area contributed by atoms with Gasteiger partial charge in [-0.2, -0.15) is 0 Å². The minimum absolute atomic E-state index is 0.252. The third kappa shape index (κ3) is 8.08. The molecule has 1 aliphatic rings. The Hall–Kier alpha value is -3.36. The average molecular weight is 540 g/mol. The van der Waals surface area contributed by atoms with Crippen molar-refractivity contribution >= 4 is 0 Å². The Morgan fingerprint density at radius 2 is 1.02 bits per heavy atom. The van der Waals surface area contributed by atoms with Crippen molar-refractivity contribution < 1.29 is 24.1 Å². The van der Waals surface area contributed by atoms with Gasteiger partial charge >= 0.3 is 0 Å². The number of rotatable bonds is 13. The summed E-state index contributed by atoms with van der Waals surface area (Å²) >= 11 is 0. The van der Waals surface area contributed by atoms with Crippen LogP contribution in [0.15, 0.2) is 121 Å². The van der Waals surface area contributed by atoms with Crippen LogP contribution in [0.2, 0.25) is 0 Å². The second kappa shape index (κ2) is 14.9. The monoisotopic (exact) mass is 539 g/mol. The molecular formula is C34H37NO5. The van der Waals surface area contributed by atoms with Crippen LogP contribution in [0.1, 0.15) is 22.3 Å². The molecule has 0 saturated carbocycles. The van der Waals surface area contributed by atoms with Crippen molar-refractivity contribution in [1.29, 1.82) is 0 Å². The maximum Gasteiger partial charge on any atom is 0.173 e. The molecule has 1 fully saturated rings. The van der Waals surface area contributed by atoms with Gasteiger partial charge in [-0.15, -0.1) is 0 Å². The van der Waals surface area contributed by atoms with Crippen LogP contribution in [0.4, 0.5) is 0 Å². The first-order valence-electron chi connectivity index (χ1n) is 13.8. The summed E-state index contributed by atoms with van der Waals surface area (Å²) in [5, 5.41) is 14.7. The lowest BCUT2D eigenvalue weighted by atomic mass is 9.95. The summed E-state index contributed by atoms with van der Waals surface area (Å²) in [7, 11) is 0. The maximum atomic E-state index is 11.2. The molecule has 1 heterocycles. The zero-order valence-electron chi connectivity index (χ0n) is 22.5. The number of hydrogen-bond acceptors (Lipinski definition) is 6. The summed E-state index contributed by atoms with van der Waals surface area (Å²) in [5.74, 6) is 0. The maximum absolute atomic E-state index is 11.2. The van der Waals surface area contributed by atoms with Crippen LogP contribution in [-0.4, -0.2) is 42.4 Å². The molecular weight excluding hydrogens is 502 g/mol. The highest BCUT2D eigenvalue weighted by Gasteiger charge is 2.47. The van der Waals surface area contributed by atoms with Crippen LogP contribution >= 0.6 is 0 Å². The standard InChI is InChI=1S/C34H37NO5/c36-34-31(35-21-26-13-5-1-6-14-26)33(39-24-29-19-11-4-12-20-29)32(38-23-28-17-9-3-10-18-28)30(40-34)25-37-22-27-15-7-2-8-16-27/h1-20,30-36H,21-25H2/t30-,31+,32+,33-,34-/m1/s1. The fraction of sp³-hybridized carbons (Fsp3) is 0.294. The lowest BCUT2D eigenvalue weighted by molar-refractivity contribution is -0.278. The predicted octanol–water partition coefficient (Wildman–Crippen LogP) is 5.25. The Kier molecular flexibility index (Phi) is 10.5. The van der Waals surface area contributed by atoms with E-state index in [2.05, 4.69) is 5.32 Å². The molecule has 4 aromatic carbocycles. The van der Waals surface area contributed by atoms with Crippen molar-refractivity contribution in [2.75, 3.05) is 6.61 Å². The molecule has 6 nitrogen and oxygen atoms in total. The van der Waals surface area contributed by atoms with E-state index < -0.39 is 30.6 Å². The van der Waals surface area contributed by atoms with Crippen molar-refractivity contribution in [3.63, 3.8) is 0 Å². The van der Waals surface area contributed by atoms with Gasteiger partial charge in [-0.1, -0.05) is 121 Å². The van der Waals surface area contributed by atoms with Crippen molar-refractivity contribution in [3.05, 3.63) is 144 Å². The van der Waals surface area contributed by atoms with Gasteiger partial charge in [-0.05, 0) is 22.3 Å². The molecule has 40 heavy (non-hydrogen) atoms. The van der Waals surface area contributed by atoms with Crippen molar-refractivity contribution in [1.82, 2.24) is 5.32 Å². The lowest BCUT2D eigenvalue weighted by Gasteiger charge is -2.45. The van der Waals surface area contributed by atoms with Crippen LogP contribution in [0.3, 0.4) is 0 Å². The Morgan fingerprint density at radius 1 is 0.575 bits per heavy atom. The second-order valence-electron chi connectivity index (χ2n) is 9.98. The highest BCUT2D eigenvalue weighted by Crippen LogP contribution is 2.28. The molecule has 2 N–H and O–H groups in total. The van der Waals surface area contributed by atoms with Crippen LogP contribution < -0.4 is 5.32 Å². The first-order valence-corrected chi connectivity index (χ1v) is 13.8. The molecule has 0 unspecified atom stereocenters. The summed E-state index contributed by atoms with van der Waals surface area (Å²) in [6.45, 7) is 2.01. The summed E-state index contributed by atoms with van der Waals surface area (Å²) < 4.78 is 25.3. The Labute approximate surface area is 236 Å². The molecule has 5 rings (SSSR count). The van der Waals surface area contributed by atoms with Gasteiger partial charge < -0.3 is 29.4 Å². The van der Waals surface area contributed by atoms with Gasteiger partial charge in [0.2, 0.25) is 0 Å². The molecule has 0 aromatic heterocycles. The number of benzene rings is 4. The van der Waals surface area contributed by atoms with Gasteiger partial charge in [0.15, 0.2) is 6.29 Å². The molecule has 1 aliphatic heterocycles. The molecule has 0 spiro atoms. The van der Waals surface area contributed by atoms with Crippen LogP contribution in [0.5, 0.6) is 0 Å². The first kappa shape index (κ1) is 28.2. The number of nitrogens with one attached hydrogen (secondary N) is 1. The SMILES string of the molecule is O[C@@H]1O[C@H](COCc2ccccc2)[C@H](OCc2ccccc2)[C@H](OCc2ccccc2)[C@@H]1NCc1ccccc1. The molecule has 4 aromatic rings. The number of aliphatic hydroxyl groups excluding tert-OH is 1. The highest BCUT2D eigenvalue weighted by molar-refractivity contribution is 5.17. The van der Waals surface area contributed by atoms with Crippen LogP contribution in [0.25, 0.3) is 0 Å². The van der Waals surface area contributed by atoms with Crippen molar-refractivity contribution in [2.45, 2.75) is 57.0 Å². The van der Waals surface area contributed by atoms with Crippen molar-refractivity contribution in [3.8, 4) is 0 Å². The van der Waals surface area contributed by atoms with E-state index in [9.17, 15) is 5.11 Å². The van der Waals surface area contributed by atoms with Gasteiger partial charge in [-0.3, -0.25) is 0 Å². The Balaban J connectivity index is 1.36. The largest absolute Gasteiger partial charge is 0.374 e. The van der Waals surface area contributed by atoms with Crippen LogP contribution in [-0.2, 0) is 45.3 Å². The van der Waals surface area contributed by atoms with Gasteiger partial charge in [0.1, 0.15) is 18.3 Å². The van der Waals surface area contributed by atoms with Gasteiger partial charge in [0, 0.05) is 6.54 Å². The molecule has 5 atom stereocenters. The minimum Gasteiger partial charge on any atom is -0.374 e. The predicted molar refractivity (Wildman–Crippen MR) is 154 cm³/mol. The van der Waals surface area contributed by atoms with E-state index in [4.69, 9.17) is 18.9 Å². The first-order chi connectivity index (χ1) is 19.8. The smallest absolute Gasteiger partial charge is 0.173 e. The summed E-state index contributed by atoms with van der Waals surface area (Å²) in [6, 6.07) is 39.6. The quantitative estimate of drug-likeness (QED) is 0.242. The number of hydrogen-bond donors (Lipinski definition) is 2. The van der Waals surface area contributed by atoms with Gasteiger partial charge in [-0.25, -0.2) is 0 Å². The van der Waals surface area contributed by atoms with Crippen molar-refractivity contribution in [2.24, 2.45) is 0 Å². The average Bonchev–Trinajstić information content (AvgIpc) is 3.01. The van der Waals surface area contributed by atoms with E-state index in [1.165, 1.54) is 0 Å². The third-order valence-electron chi connectivity index (χ3n) is 7.01. The molecule has 1 saturated heterocycles. The van der Waals surface area contributed by atoms with Gasteiger partial charge in [0.25, 0.3) is 0 Å². The van der Waals surface area contributed by atoms with E-state index >= 15 is 0 Å². The van der Waals surface area contributed by atoms with Crippen LogP contribution in [0, 0.1) is 0 Å².